The zero-order chi connectivity index (χ0) is 10.3. The summed E-state index contributed by atoms with van der Waals surface area (Å²) in [6.45, 7) is 3.55. The zero-order valence-electron chi connectivity index (χ0n) is 8.65. The number of hydrogen-bond donors (Lipinski definition) is 1. The van der Waals surface area contributed by atoms with Gasteiger partial charge in [-0.2, -0.15) is 0 Å². The van der Waals surface area contributed by atoms with Crippen molar-refractivity contribution in [2.24, 2.45) is 5.92 Å². The van der Waals surface area contributed by atoms with Crippen LogP contribution in [0.25, 0.3) is 0 Å². The van der Waals surface area contributed by atoms with Crippen LogP contribution in [-0.2, 0) is 0 Å². The van der Waals surface area contributed by atoms with Gasteiger partial charge in [-0.05, 0) is 31.8 Å². The Morgan fingerprint density at radius 2 is 2.13 bits per heavy atom. The first-order valence-corrected chi connectivity index (χ1v) is 5.59. The highest BCUT2D eigenvalue weighted by Gasteiger charge is 2.35. The topological polar surface area (TPSA) is 49.0 Å². The minimum atomic E-state index is -0.0797. The molecule has 0 aliphatic carbocycles. The van der Waals surface area contributed by atoms with E-state index in [2.05, 4.69) is 14.9 Å². The molecule has 4 heterocycles. The van der Waals surface area contributed by atoms with Crippen LogP contribution in [0, 0.1) is 5.92 Å². The molecule has 3 aliphatic rings. The van der Waals surface area contributed by atoms with Crippen molar-refractivity contribution in [3.05, 3.63) is 28.4 Å². The average molecular weight is 205 g/mol. The quantitative estimate of drug-likeness (QED) is 0.729. The van der Waals surface area contributed by atoms with E-state index in [9.17, 15) is 4.79 Å². The third kappa shape index (κ3) is 1.59. The first kappa shape index (κ1) is 9.09. The Bertz CT molecular complexity index is 406. The van der Waals surface area contributed by atoms with Gasteiger partial charge in [0.15, 0.2) is 0 Å². The SMILES string of the molecule is O=c1cncc(C2CN3CCC2CC3)[nH]1. The Morgan fingerprint density at radius 3 is 2.73 bits per heavy atom. The molecule has 3 fully saturated rings. The van der Waals surface area contributed by atoms with E-state index in [1.807, 2.05) is 6.20 Å². The van der Waals surface area contributed by atoms with Crippen LogP contribution in [0.2, 0.25) is 0 Å². The van der Waals surface area contributed by atoms with Crippen LogP contribution >= 0.6 is 0 Å². The highest BCUT2D eigenvalue weighted by atomic mass is 16.1. The number of nitrogens with one attached hydrogen (secondary N) is 1. The van der Waals surface area contributed by atoms with Crippen LogP contribution in [0.5, 0.6) is 0 Å². The molecule has 1 atom stereocenters. The Hall–Kier alpha value is -1.16. The van der Waals surface area contributed by atoms with Gasteiger partial charge in [0.2, 0.25) is 0 Å². The fourth-order valence-electron chi connectivity index (χ4n) is 2.90. The fraction of sp³-hybridized carbons (Fsp3) is 0.636. The first-order valence-electron chi connectivity index (χ1n) is 5.59. The highest BCUT2D eigenvalue weighted by molar-refractivity contribution is 5.10. The molecule has 4 nitrogen and oxygen atoms in total. The molecule has 4 heteroatoms. The summed E-state index contributed by atoms with van der Waals surface area (Å²) in [5.74, 6) is 1.24. The molecule has 0 radical (unpaired) electrons. The molecule has 2 bridgehead atoms. The number of H-pyrrole nitrogens is 1. The minimum absolute atomic E-state index is 0.0797. The van der Waals surface area contributed by atoms with E-state index in [0.717, 1.165) is 18.2 Å². The first-order chi connectivity index (χ1) is 7.33. The number of rotatable bonds is 1. The predicted molar refractivity (Wildman–Crippen MR) is 56.8 cm³/mol. The van der Waals surface area contributed by atoms with Gasteiger partial charge in [0.25, 0.3) is 5.56 Å². The average Bonchev–Trinajstić information content (AvgIpc) is 2.30. The molecule has 1 N–H and O–H groups in total. The highest BCUT2D eigenvalue weighted by Crippen LogP contribution is 2.37. The van der Waals surface area contributed by atoms with Crippen LogP contribution in [-0.4, -0.2) is 34.5 Å². The molecule has 15 heavy (non-hydrogen) atoms. The maximum absolute atomic E-state index is 11.2. The van der Waals surface area contributed by atoms with E-state index in [-0.39, 0.29) is 5.56 Å². The maximum atomic E-state index is 11.2. The lowest BCUT2D eigenvalue weighted by atomic mass is 9.77. The van der Waals surface area contributed by atoms with Crippen molar-refractivity contribution < 1.29 is 0 Å². The van der Waals surface area contributed by atoms with Crippen molar-refractivity contribution in [1.82, 2.24) is 14.9 Å². The Kier molecular flexibility index (Phi) is 2.09. The molecule has 0 amide bonds. The number of aromatic amines is 1. The molecule has 0 spiro atoms. The molecule has 80 valence electrons. The number of aromatic nitrogens is 2. The Morgan fingerprint density at radius 1 is 1.33 bits per heavy atom. The summed E-state index contributed by atoms with van der Waals surface area (Å²) in [4.78, 5) is 20.6. The van der Waals surface area contributed by atoms with Crippen molar-refractivity contribution in [3.8, 4) is 0 Å². The smallest absolute Gasteiger partial charge is 0.266 e. The largest absolute Gasteiger partial charge is 0.323 e. The van der Waals surface area contributed by atoms with E-state index >= 15 is 0 Å². The lowest BCUT2D eigenvalue weighted by molar-refractivity contribution is 0.0852. The second kappa shape index (κ2) is 3.45. The van der Waals surface area contributed by atoms with Gasteiger partial charge in [-0.3, -0.25) is 9.78 Å². The summed E-state index contributed by atoms with van der Waals surface area (Å²) in [6, 6.07) is 0. The zero-order valence-corrected chi connectivity index (χ0v) is 8.65. The van der Waals surface area contributed by atoms with Crippen LogP contribution in [0.3, 0.4) is 0 Å². The van der Waals surface area contributed by atoms with Crippen molar-refractivity contribution in [3.63, 3.8) is 0 Å². The van der Waals surface area contributed by atoms with Crippen molar-refractivity contribution >= 4 is 0 Å². The number of nitrogens with zero attached hydrogens (tertiary/aromatic N) is 2. The number of piperidine rings is 3. The van der Waals surface area contributed by atoms with Crippen LogP contribution < -0.4 is 5.56 Å². The summed E-state index contributed by atoms with van der Waals surface area (Å²) in [6.07, 6.45) is 5.68. The standard InChI is InChI=1S/C11H15N3O/c15-11-6-12-5-10(13-11)9-7-14-3-1-8(9)2-4-14/h5-6,8-9H,1-4,7H2,(H,13,15). The molecule has 1 unspecified atom stereocenters. The third-order valence-electron chi connectivity index (χ3n) is 3.73. The van der Waals surface area contributed by atoms with Crippen molar-refractivity contribution in [2.45, 2.75) is 18.8 Å². The van der Waals surface area contributed by atoms with Gasteiger partial charge in [-0.1, -0.05) is 0 Å². The van der Waals surface area contributed by atoms with E-state index in [1.54, 1.807) is 0 Å². The molecule has 0 saturated carbocycles. The van der Waals surface area contributed by atoms with Crippen molar-refractivity contribution in [2.75, 3.05) is 19.6 Å². The van der Waals surface area contributed by atoms with E-state index in [1.165, 1.54) is 32.1 Å². The minimum Gasteiger partial charge on any atom is -0.323 e. The van der Waals surface area contributed by atoms with E-state index in [0.29, 0.717) is 5.92 Å². The second-order valence-corrected chi connectivity index (χ2v) is 4.60. The van der Waals surface area contributed by atoms with Gasteiger partial charge in [-0.25, -0.2) is 0 Å². The summed E-state index contributed by atoms with van der Waals surface area (Å²) in [7, 11) is 0. The Balaban J connectivity index is 1.91. The van der Waals surface area contributed by atoms with Gasteiger partial charge in [0.05, 0.1) is 6.20 Å². The van der Waals surface area contributed by atoms with Gasteiger partial charge < -0.3 is 9.88 Å². The predicted octanol–water partition coefficient (Wildman–Crippen LogP) is 0.579. The van der Waals surface area contributed by atoms with Gasteiger partial charge in [0, 0.05) is 24.4 Å². The van der Waals surface area contributed by atoms with Crippen LogP contribution in [0.4, 0.5) is 0 Å². The molecule has 0 aromatic carbocycles. The lowest BCUT2D eigenvalue weighted by Crippen LogP contribution is -2.46. The summed E-state index contributed by atoms with van der Waals surface area (Å²) in [5, 5.41) is 0. The maximum Gasteiger partial charge on any atom is 0.266 e. The summed E-state index contributed by atoms with van der Waals surface area (Å²) in [5.41, 5.74) is 0.945. The normalized spacial score (nSPS) is 34.3. The van der Waals surface area contributed by atoms with Gasteiger partial charge >= 0.3 is 0 Å². The van der Waals surface area contributed by atoms with E-state index < -0.39 is 0 Å². The molecule has 3 saturated heterocycles. The van der Waals surface area contributed by atoms with Crippen LogP contribution in [0.1, 0.15) is 24.5 Å². The molecule has 1 aromatic rings. The van der Waals surface area contributed by atoms with Gasteiger partial charge in [-0.15, -0.1) is 0 Å². The van der Waals surface area contributed by atoms with E-state index in [4.69, 9.17) is 0 Å². The monoisotopic (exact) mass is 205 g/mol. The molecule has 3 aliphatic heterocycles. The number of fused-ring (bicyclic) bond motifs is 3. The van der Waals surface area contributed by atoms with Crippen LogP contribution in [0.15, 0.2) is 17.2 Å². The fourth-order valence-corrected chi connectivity index (χ4v) is 2.90. The molecule has 4 rings (SSSR count). The van der Waals surface area contributed by atoms with Crippen molar-refractivity contribution in [1.29, 1.82) is 0 Å². The second-order valence-electron chi connectivity index (χ2n) is 4.60. The third-order valence-corrected chi connectivity index (χ3v) is 3.73. The summed E-state index contributed by atoms with van der Waals surface area (Å²) >= 11 is 0. The molecular formula is C11H15N3O. The van der Waals surface area contributed by atoms with Gasteiger partial charge in [0.1, 0.15) is 0 Å². The molecular weight excluding hydrogens is 190 g/mol. The lowest BCUT2D eigenvalue weighted by Gasteiger charge is -2.44. The Labute approximate surface area is 88.3 Å². The molecule has 1 aromatic heterocycles. The summed E-state index contributed by atoms with van der Waals surface area (Å²) < 4.78 is 0. The number of hydrogen-bond acceptors (Lipinski definition) is 3.